The Morgan fingerprint density at radius 3 is 2.65 bits per heavy atom. The smallest absolute Gasteiger partial charge is 0.308 e. The summed E-state index contributed by atoms with van der Waals surface area (Å²) in [6, 6.07) is 1.91. The third-order valence-corrected chi connectivity index (χ3v) is 4.36. The molecule has 17 heavy (non-hydrogen) atoms. The Hall–Kier alpha value is -1.26. The van der Waals surface area contributed by atoms with Crippen LogP contribution in [-0.2, 0) is 9.09 Å². The topological polar surface area (TPSA) is 68.8 Å². The normalized spacial score (nSPS) is 23.8. The highest BCUT2D eigenvalue weighted by Crippen LogP contribution is 2.53. The Morgan fingerprint density at radius 1 is 1.41 bits per heavy atom. The quantitative estimate of drug-likeness (QED) is 0.761. The van der Waals surface area contributed by atoms with Crippen LogP contribution in [0.2, 0.25) is 0 Å². The summed E-state index contributed by atoms with van der Waals surface area (Å²) in [6.07, 6.45) is 0. The molecule has 1 atom stereocenters. The van der Waals surface area contributed by atoms with Crippen molar-refractivity contribution in [3.05, 3.63) is 17.5 Å². The molecule has 0 fully saturated rings. The van der Waals surface area contributed by atoms with Crippen LogP contribution >= 0.6 is 7.52 Å². The van der Waals surface area contributed by atoms with Gasteiger partial charge in [0.2, 0.25) is 0 Å². The van der Waals surface area contributed by atoms with Crippen LogP contribution in [0.15, 0.2) is 15.8 Å². The molecule has 7 heteroatoms. The second-order valence-corrected chi connectivity index (χ2v) is 5.98. The van der Waals surface area contributed by atoms with Gasteiger partial charge in [-0.2, -0.15) is 9.86 Å². The minimum absolute atomic E-state index is 0.338. The zero-order valence-corrected chi connectivity index (χ0v) is 11.2. The third-order valence-electron chi connectivity index (χ3n) is 2.39. The van der Waals surface area contributed by atoms with Gasteiger partial charge < -0.3 is 4.52 Å². The van der Waals surface area contributed by atoms with E-state index in [0.29, 0.717) is 18.0 Å². The molecule has 0 amide bonds. The monoisotopic (exact) mass is 254 g/mol. The fraction of sp³-hybridized carbons (Fsp3) is 0.500. The maximum atomic E-state index is 12.3. The zero-order chi connectivity index (χ0) is 12.6. The predicted octanol–water partition coefficient (Wildman–Crippen LogP) is 2.37. The standard InChI is InChI=1S/C10H15N4O2P/c1-5-16-17(15)9(4)11-10(13-17)14-8(3)6-7(2)12-14/h6H,5H2,1-4H3. The lowest BCUT2D eigenvalue weighted by Crippen LogP contribution is -2.11. The Kier molecular flexibility index (Phi) is 3.02. The molecule has 1 aliphatic rings. The largest absolute Gasteiger partial charge is 0.361 e. The summed E-state index contributed by atoms with van der Waals surface area (Å²) in [7, 11) is -3.12. The highest BCUT2D eigenvalue weighted by atomic mass is 31.2. The van der Waals surface area contributed by atoms with Gasteiger partial charge >= 0.3 is 7.52 Å². The maximum absolute atomic E-state index is 12.3. The van der Waals surface area contributed by atoms with Crippen molar-refractivity contribution in [2.45, 2.75) is 27.7 Å². The summed E-state index contributed by atoms with van der Waals surface area (Å²) in [6.45, 7) is 7.58. The van der Waals surface area contributed by atoms with Crippen LogP contribution in [0.3, 0.4) is 0 Å². The summed E-state index contributed by atoms with van der Waals surface area (Å²) in [5.41, 5.74) is 2.20. The van der Waals surface area contributed by atoms with Crippen molar-refractivity contribution in [2.24, 2.45) is 9.76 Å². The van der Waals surface area contributed by atoms with E-state index in [4.69, 9.17) is 4.52 Å². The highest BCUT2D eigenvalue weighted by molar-refractivity contribution is 7.76. The molecule has 0 spiro atoms. The van der Waals surface area contributed by atoms with Crippen molar-refractivity contribution in [2.75, 3.05) is 6.61 Å². The Bertz CT molecular complexity index is 559. The molecule has 1 aromatic rings. The first-order chi connectivity index (χ1) is 7.96. The lowest BCUT2D eigenvalue weighted by Gasteiger charge is -2.06. The van der Waals surface area contributed by atoms with Crippen LogP contribution in [-0.4, -0.2) is 27.8 Å². The van der Waals surface area contributed by atoms with E-state index >= 15 is 0 Å². The summed E-state index contributed by atoms with van der Waals surface area (Å²) in [5.74, 6) is 0.338. The number of rotatable bonds is 2. The van der Waals surface area contributed by atoms with Gasteiger partial charge in [0, 0.05) is 5.69 Å². The van der Waals surface area contributed by atoms with Crippen molar-refractivity contribution >= 4 is 18.9 Å². The van der Waals surface area contributed by atoms with E-state index in [1.807, 2.05) is 19.9 Å². The third kappa shape index (κ3) is 2.10. The van der Waals surface area contributed by atoms with Crippen LogP contribution in [0, 0.1) is 13.8 Å². The molecule has 2 heterocycles. The molecule has 0 saturated heterocycles. The van der Waals surface area contributed by atoms with E-state index in [-0.39, 0.29) is 0 Å². The van der Waals surface area contributed by atoms with E-state index in [9.17, 15) is 4.57 Å². The molecule has 6 nitrogen and oxygen atoms in total. The summed E-state index contributed by atoms with van der Waals surface area (Å²) >= 11 is 0. The van der Waals surface area contributed by atoms with Crippen molar-refractivity contribution in [3.63, 3.8) is 0 Å². The van der Waals surface area contributed by atoms with Gasteiger partial charge in [-0.05, 0) is 33.8 Å². The SMILES string of the molecule is CCOP1(=O)N=C(n2nc(C)cc2C)N=C1C. The second-order valence-electron chi connectivity index (χ2n) is 3.84. The van der Waals surface area contributed by atoms with Crippen LogP contribution in [0.5, 0.6) is 0 Å². The minimum Gasteiger partial charge on any atom is -0.308 e. The predicted molar refractivity (Wildman–Crippen MR) is 66.9 cm³/mol. The van der Waals surface area contributed by atoms with E-state index in [1.165, 1.54) is 0 Å². The van der Waals surface area contributed by atoms with Gasteiger partial charge in [-0.25, -0.2) is 9.67 Å². The van der Waals surface area contributed by atoms with Crippen molar-refractivity contribution in [1.82, 2.24) is 9.78 Å². The number of aliphatic imine (C=N–C) groups is 1. The minimum atomic E-state index is -3.12. The van der Waals surface area contributed by atoms with Gasteiger partial charge in [0.05, 0.1) is 12.3 Å². The van der Waals surface area contributed by atoms with Crippen molar-refractivity contribution < 1.29 is 9.09 Å². The number of aromatic nitrogens is 2. The zero-order valence-electron chi connectivity index (χ0n) is 10.3. The molecule has 1 aromatic heterocycles. The number of nitrogens with zero attached hydrogens (tertiary/aromatic N) is 4. The van der Waals surface area contributed by atoms with Crippen LogP contribution in [0.1, 0.15) is 25.2 Å². The van der Waals surface area contributed by atoms with Gasteiger partial charge in [0.15, 0.2) is 0 Å². The Labute approximate surface area is 99.9 Å². The first-order valence-corrected chi connectivity index (χ1v) is 6.98. The number of hydrogen-bond donors (Lipinski definition) is 0. The summed E-state index contributed by atoms with van der Waals surface area (Å²) in [5, 5.41) is 4.25. The van der Waals surface area contributed by atoms with Gasteiger partial charge in [-0.15, -0.1) is 0 Å². The molecule has 1 aliphatic heterocycles. The second kappa shape index (κ2) is 4.20. The van der Waals surface area contributed by atoms with E-state index in [1.54, 1.807) is 18.5 Å². The Morgan fingerprint density at radius 2 is 2.12 bits per heavy atom. The average molecular weight is 254 g/mol. The lowest BCUT2D eigenvalue weighted by molar-refractivity contribution is 0.344. The molecule has 0 aromatic carbocycles. The van der Waals surface area contributed by atoms with Crippen molar-refractivity contribution in [3.8, 4) is 0 Å². The molecule has 0 radical (unpaired) electrons. The van der Waals surface area contributed by atoms with Crippen molar-refractivity contribution in [1.29, 1.82) is 0 Å². The molecule has 0 bridgehead atoms. The molecule has 2 rings (SSSR count). The summed E-state index contributed by atoms with van der Waals surface area (Å²) < 4.78 is 23.1. The first kappa shape index (κ1) is 12.2. The molecule has 92 valence electrons. The van der Waals surface area contributed by atoms with E-state index in [2.05, 4.69) is 14.9 Å². The molecular formula is C10H15N4O2P. The molecule has 0 aliphatic carbocycles. The van der Waals surface area contributed by atoms with E-state index in [0.717, 1.165) is 11.4 Å². The fourth-order valence-electron chi connectivity index (χ4n) is 1.64. The van der Waals surface area contributed by atoms with Gasteiger partial charge in [0.1, 0.15) is 5.45 Å². The van der Waals surface area contributed by atoms with Gasteiger partial charge in [-0.1, -0.05) is 0 Å². The van der Waals surface area contributed by atoms with Crippen LogP contribution in [0.25, 0.3) is 0 Å². The lowest BCUT2D eigenvalue weighted by atomic mass is 10.4. The molecule has 1 unspecified atom stereocenters. The average Bonchev–Trinajstić information content (AvgIpc) is 2.69. The summed E-state index contributed by atoms with van der Waals surface area (Å²) in [4.78, 5) is 4.18. The van der Waals surface area contributed by atoms with Crippen LogP contribution < -0.4 is 0 Å². The number of aryl methyl sites for hydroxylation is 2. The van der Waals surface area contributed by atoms with Gasteiger partial charge in [-0.3, -0.25) is 4.57 Å². The molecule has 0 N–H and O–H groups in total. The first-order valence-electron chi connectivity index (χ1n) is 5.40. The van der Waals surface area contributed by atoms with E-state index < -0.39 is 7.52 Å². The van der Waals surface area contributed by atoms with Crippen LogP contribution in [0.4, 0.5) is 0 Å². The Balaban J connectivity index is 2.43. The van der Waals surface area contributed by atoms with Gasteiger partial charge in [0.25, 0.3) is 5.96 Å². The number of hydrogen-bond acceptors (Lipinski definition) is 4. The maximum Gasteiger partial charge on any atom is 0.361 e. The molecular weight excluding hydrogens is 239 g/mol. The fourth-order valence-corrected chi connectivity index (χ4v) is 2.96. The molecule has 0 saturated carbocycles. The highest BCUT2D eigenvalue weighted by Gasteiger charge is 2.33.